The minimum absolute atomic E-state index is 0.0352. The van der Waals surface area contributed by atoms with Crippen molar-refractivity contribution in [1.82, 2.24) is 5.32 Å². The first-order valence-corrected chi connectivity index (χ1v) is 5.41. The van der Waals surface area contributed by atoms with Gasteiger partial charge in [-0.1, -0.05) is 12.1 Å². The van der Waals surface area contributed by atoms with Crippen molar-refractivity contribution < 1.29 is 19.6 Å². The summed E-state index contributed by atoms with van der Waals surface area (Å²) in [5.74, 6) is -1.45. The lowest BCUT2D eigenvalue weighted by Gasteiger charge is -1.98. The summed E-state index contributed by atoms with van der Waals surface area (Å²) < 4.78 is 0. The molecule has 7 nitrogen and oxygen atoms in total. The number of benzene rings is 1. The van der Waals surface area contributed by atoms with Crippen LogP contribution in [0.3, 0.4) is 0 Å². The molecule has 1 amide bonds. The Labute approximate surface area is 108 Å². The lowest BCUT2D eigenvalue weighted by molar-refractivity contribution is -0.384. The number of carbonyl (C=O) groups excluding carboxylic acids is 1. The molecule has 0 heterocycles. The Bertz CT molecular complexity index is 525. The fourth-order valence-electron chi connectivity index (χ4n) is 1.27. The van der Waals surface area contributed by atoms with E-state index in [0.717, 1.165) is 0 Å². The van der Waals surface area contributed by atoms with Gasteiger partial charge in [0.25, 0.3) is 5.69 Å². The molecule has 19 heavy (non-hydrogen) atoms. The van der Waals surface area contributed by atoms with E-state index < -0.39 is 16.8 Å². The molecule has 0 aromatic heterocycles. The molecule has 0 atom stereocenters. The first-order chi connectivity index (χ1) is 8.99. The number of amides is 1. The summed E-state index contributed by atoms with van der Waals surface area (Å²) in [7, 11) is 0. The number of carbonyl (C=O) groups is 2. The van der Waals surface area contributed by atoms with Crippen LogP contribution in [0.25, 0.3) is 6.08 Å². The van der Waals surface area contributed by atoms with E-state index in [9.17, 15) is 19.7 Å². The van der Waals surface area contributed by atoms with Gasteiger partial charge in [-0.3, -0.25) is 19.7 Å². The zero-order chi connectivity index (χ0) is 14.3. The van der Waals surface area contributed by atoms with Crippen molar-refractivity contribution in [3.05, 3.63) is 46.0 Å². The van der Waals surface area contributed by atoms with Crippen molar-refractivity contribution in [2.75, 3.05) is 6.54 Å². The number of hydrogen-bond acceptors (Lipinski definition) is 4. The predicted molar refractivity (Wildman–Crippen MR) is 67.4 cm³/mol. The van der Waals surface area contributed by atoms with Crippen molar-refractivity contribution in [3.8, 4) is 0 Å². The van der Waals surface area contributed by atoms with E-state index in [1.807, 2.05) is 0 Å². The number of nitrogens with one attached hydrogen (secondary N) is 1. The highest BCUT2D eigenvalue weighted by molar-refractivity contribution is 5.91. The van der Waals surface area contributed by atoms with Crippen LogP contribution >= 0.6 is 0 Å². The van der Waals surface area contributed by atoms with E-state index in [1.165, 1.54) is 30.4 Å². The topological polar surface area (TPSA) is 110 Å². The van der Waals surface area contributed by atoms with Crippen molar-refractivity contribution in [2.45, 2.75) is 6.42 Å². The minimum Gasteiger partial charge on any atom is -0.481 e. The maximum Gasteiger partial charge on any atom is 0.305 e. The molecule has 0 spiro atoms. The highest BCUT2D eigenvalue weighted by Crippen LogP contribution is 2.13. The Morgan fingerprint density at radius 3 is 2.79 bits per heavy atom. The summed E-state index contributed by atoms with van der Waals surface area (Å²) in [5, 5.41) is 21.3. The Hall–Kier alpha value is -2.70. The minimum atomic E-state index is -0.997. The van der Waals surface area contributed by atoms with Gasteiger partial charge < -0.3 is 10.4 Å². The molecule has 1 rings (SSSR count). The zero-order valence-electron chi connectivity index (χ0n) is 9.91. The molecule has 0 radical (unpaired) electrons. The van der Waals surface area contributed by atoms with Crippen LogP contribution in [0.2, 0.25) is 0 Å². The predicted octanol–water partition coefficient (Wildman–Crippen LogP) is 1.20. The number of nitrogens with zero attached hydrogens (tertiary/aromatic N) is 1. The van der Waals surface area contributed by atoms with Crippen molar-refractivity contribution in [2.24, 2.45) is 0 Å². The third-order valence-electron chi connectivity index (χ3n) is 2.15. The molecule has 1 aromatic rings. The van der Waals surface area contributed by atoms with Gasteiger partial charge in [0.05, 0.1) is 11.3 Å². The standard InChI is InChI=1S/C12H12N2O5/c15-11(13-7-6-12(16)17)5-4-9-2-1-3-10(8-9)14(18)19/h1-5,8H,6-7H2,(H,13,15)(H,16,17)/b5-4+. The van der Waals surface area contributed by atoms with Crippen LogP contribution in [0.4, 0.5) is 5.69 Å². The van der Waals surface area contributed by atoms with Gasteiger partial charge in [0.15, 0.2) is 0 Å². The van der Waals surface area contributed by atoms with Crippen LogP contribution in [0, 0.1) is 10.1 Å². The van der Waals surface area contributed by atoms with Crippen molar-refractivity contribution in [1.29, 1.82) is 0 Å². The fourth-order valence-corrected chi connectivity index (χ4v) is 1.27. The van der Waals surface area contributed by atoms with E-state index in [1.54, 1.807) is 6.07 Å². The number of carboxylic acid groups (broad SMARTS) is 1. The van der Waals surface area contributed by atoms with Crippen LogP contribution in [0.15, 0.2) is 30.3 Å². The summed E-state index contributed by atoms with van der Waals surface area (Å²) in [6.45, 7) is 0.0352. The number of nitro benzene ring substituents is 1. The lowest BCUT2D eigenvalue weighted by atomic mass is 10.2. The molecule has 0 saturated heterocycles. The van der Waals surface area contributed by atoms with Gasteiger partial charge in [-0.2, -0.15) is 0 Å². The van der Waals surface area contributed by atoms with Gasteiger partial charge in [-0.15, -0.1) is 0 Å². The number of aliphatic carboxylic acids is 1. The third kappa shape index (κ3) is 5.44. The fraction of sp³-hybridized carbons (Fsp3) is 0.167. The van der Waals surface area contributed by atoms with Crippen LogP contribution in [0.1, 0.15) is 12.0 Å². The molecule has 1 aromatic carbocycles. The summed E-state index contributed by atoms with van der Waals surface area (Å²) in [4.78, 5) is 31.5. The lowest BCUT2D eigenvalue weighted by Crippen LogP contribution is -2.23. The number of nitro groups is 1. The number of carboxylic acids is 1. The smallest absolute Gasteiger partial charge is 0.305 e. The van der Waals surface area contributed by atoms with Gasteiger partial charge in [0.1, 0.15) is 0 Å². The van der Waals surface area contributed by atoms with Gasteiger partial charge in [0.2, 0.25) is 5.91 Å². The van der Waals surface area contributed by atoms with Crippen LogP contribution in [-0.2, 0) is 9.59 Å². The Balaban J connectivity index is 2.56. The van der Waals surface area contributed by atoms with Gasteiger partial charge >= 0.3 is 5.97 Å². The van der Waals surface area contributed by atoms with Gasteiger partial charge in [-0.05, 0) is 11.6 Å². The highest BCUT2D eigenvalue weighted by atomic mass is 16.6. The van der Waals surface area contributed by atoms with Crippen molar-refractivity contribution in [3.63, 3.8) is 0 Å². The number of hydrogen-bond donors (Lipinski definition) is 2. The molecule has 7 heteroatoms. The first kappa shape index (κ1) is 14.4. The summed E-state index contributed by atoms with van der Waals surface area (Å²) >= 11 is 0. The molecule has 0 fully saturated rings. The summed E-state index contributed by atoms with van der Waals surface area (Å²) in [6, 6.07) is 5.82. The average molecular weight is 264 g/mol. The molecule has 0 aliphatic carbocycles. The maximum absolute atomic E-state index is 11.3. The van der Waals surface area contributed by atoms with E-state index in [2.05, 4.69) is 5.32 Å². The van der Waals surface area contributed by atoms with E-state index >= 15 is 0 Å². The third-order valence-corrected chi connectivity index (χ3v) is 2.15. The van der Waals surface area contributed by atoms with Crippen LogP contribution < -0.4 is 5.32 Å². The Kier molecular flexibility index (Phi) is 5.21. The molecule has 0 unspecified atom stereocenters. The summed E-state index contributed by atoms with van der Waals surface area (Å²) in [5.41, 5.74) is 0.455. The molecular weight excluding hydrogens is 252 g/mol. The number of rotatable bonds is 6. The average Bonchev–Trinajstić information content (AvgIpc) is 2.36. The monoisotopic (exact) mass is 264 g/mol. The second-order valence-electron chi connectivity index (χ2n) is 3.62. The quantitative estimate of drug-likeness (QED) is 0.455. The molecule has 0 aliphatic rings. The van der Waals surface area contributed by atoms with Crippen LogP contribution in [0.5, 0.6) is 0 Å². The molecule has 2 N–H and O–H groups in total. The van der Waals surface area contributed by atoms with E-state index in [-0.39, 0.29) is 18.7 Å². The van der Waals surface area contributed by atoms with Crippen molar-refractivity contribution >= 4 is 23.6 Å². The van der Waals surface area contributed by atoms with Gasteiger partial charge in [0, 0.05) is 24.8 Å². The van der Waals surface area contributed by atoms with E-state index in [0.29, 0.717) is 5.56 Å². The normalized spacial score (nSPS) is 10.3. The largest absolute Gasteiger partial charge is 0.481 e. The Morgan fingerprint density at radius 2 is 2.16 bits per heavy atom. The molecule has 0 bridgehead atoms. The molecule has 0 saturated carbocycles. The molecule has 0 aliphatic heterocycles. The Morgan fingerprint density at radius 1 is 1.42 bits per heavy atom. The first-order valence-electron chi connectivity index (χ1n) is 5.41. The van der Waals surface area contributed by atoms with Crippen LogP contribution in [-0.4, -0.2) is 28.5 Å². The van der Waals surface area contributed by atoms with Gasteiger partial charge in [-0.25, -0.2) is 0 Å². The van der Waals surface area contributed by atoms with E-state index in [4.69, 9.17) is 5.11 Å². The molecule has 100 valence electrons. The second-order valence-corrected chi connectivity index (χ2v) is 3.62. The second kappa shape index (κ2) is 6.90. The number of non-ortho nitro benzene ring substituents is 1. The highest BCUT2D eigenvalue weighted by Gasteiger charge is 2.04. The maximum atomic E-state index is 11.3. The zero-order valence-corrected chi connectivity index (χ0v) is 9.91. The molecular formula is C12H12N2O5. The summed E-state index contributed by atoms with van der Waals surface area (Å²) in [6.07, 6.45) is 2.46. The SMILES string of the molecule is O=C(O)CCNC(=O)/C=C/c1cccc([N+](=O)[O-])c1.